The Morgan fingerprint density at radius 1 is 1.14 bits per heavy atom. The summed E-state index contributed by atoms with van der Waals surface area (Å²) in [6.45, 7) is 1.36. The Morgan fingerprint density at radius 2 is 1.84 bits per heavy atom. The van der Waals surface area contributed by atoms with Crippen LogP contribution in [0.4, 0.5) is 27.5 Å². The molecule has 4 rings (SSSR count). The molecule has 1 aliphatic heterocycles. The maximum absolute atomic E-state index is 14.5. The lowest BCUT2D eigenvalue weighted by atomic mass is 9.85. The van der Waals surface area contributed by atoms with Gasteiger partial charge in [-0.1, -0.05) is 11.6 Å². The minimum absolute atomic E-state index is 0.0255. The van der Waals surface area contributed by atoms with Crippen LogP contribution in [0.3, 0.4) is 0 Å². The van der Waals surface area contributed by atoms with Crippen molar-refractivity contribution in [2.24, 2.45) is 11.7 Å². The molecule has 1 aromatic carbocycles. The number of primary amides is 1. The number of nitrogens with two attached hydrogens (primary N) is 1. The Morgan fingerprint density at radius 3 is 2.49 bits per heavy atom. The fraction of sp³-hybridized carbons (Fsp3) is 0.458. The van der Waals surface area contributed by atoms with E-state index in [1.165, 1.54) is 6.07 Å². The van der Waals surface area contributed by atoms with Gasteiger partial charge < -0.3 is 31.7 Å². The maximum atomic E-state index is 14.5. The Hall–Kier alpha value is -3.27. The second-order valence-electron chi connectivity index (χ2n) is 9.09. The average Bonchev–Trinajstić information content (AvgIpc) is 2.88. The Balaban J connectivity index is 1.50. The summed E-state index contributed by atoms with van der Waals surface area (Å²) in [6, 6.07) is 4.56. The number of nitriles is 1. The Bertz CT molecular complexity index is 1170. The van der Waals surface area contributed by atoms with Crippen molar-refractivity contribution in [3.05, 3.63) is 34.7 Å². The largest absolute Gasteiger partial charge is 0.381 e. The number of carbonyl (C=O) groups excluding carboxylic acids is 1. The summed E-state index contributed by atoms with van der Waals surface area (Å²) in [5.74, 6) is -0.106. The first-order valence-corrected chi connectivity index (χ1v) is 12.8. The first-order chi connectivity index (χ1) is 17.8. The van der Waals surface area contributed by atoms with Crippen LogP contribution >= 0.6 is 23.8 Å². The molecule has 1 saturated heterocycles. The van der Waals surface area contributed by atoms with E-state index in [1.807, 2.05) is 6.07 Å². The molecule has 0 unspecified atom stereocenters. The lowest BCUT2D eigenvalue weighted by molar-refractivity contribution is -0.122. The molecule has 1 amide bonds. The fourth-order valence-corrected chi connectivity index (χ4v) is 4.88. The third-order valence-corrected chi connectivity index (χ3v) is 6.97. The molecule has 2 heterocycles. The molecule has 1 aliphatic carbocycles. The van der Waals surface area contributed by atoms with Crippen molar-refractivity contribution >= 4 is 58.0 Å². The molecule has 1 aromatic heterocycles. The zero-order valence-corrected chi connectivity index (χ0v) is 21.6. The number of anilines is 4. The number of benzene rings is 1. The van der Waals surface area contributed by atoms with Crippen molar-refractivity contribution in [2.45, 2.75) is 50.6 Å². The summed E-state index contributed by atoms with van der Waals surface area (Å²) in [4.78, 5) is 20.7. The highest BCUT2D eigenvalue weighted by Crippen LogP contribution is 2.30. The molecule has 2 aliphatic rings. The van der Waals surface area contributed by atoms with Crippen molar-refractivity contribution in [3.8, 4) is 6.07 Å². The van der Waals surface area contributed by atoms with Gasteiger partial charge in [-0.05, 0) is 62.9 Å². The number of halogens is 2. The minimum atomic E-state index is -0.704. The molecule has 0 spiro atoms. The predicted octanol–water partition coefficient (Wildman–Crippen LogP) is 4.00. The number of thiocarbonyl (C=S) groups is 1. The Labute approximate surface area is 224 Å². The van der Waals surface area contributed by atoms with E-state index in [9.17, 15) is 9.18 Å². The zero-order valence-electron chi connectivity index (χ0n) is 20.0. The fourth-order valence-electron chi connectivity index (χ4n) is 4.42. The van der Waals surface area contributed by atoms with E-state index in [2.05, 4.69) is 31.2 Å². The molecule has 10 nitrogen and oxygen atoms in total. The van der Waals surface area contributed by atoms with E-state index in [0.717, 1.165) is 31.7 Å². The van der Waals surface area contributed by atoms with Gasteiger partial charge in [-0.15, -0.1) is 0 Å². The van der Waals surface area contributed by atoms with Gasteiger partial charge in [0.1, 0.15) is 11.5 Å². The van der Waals surface area contributed by atoms with Gasteiger partial charge >= 0.3 is 0 Å². The second kappa shape index (κ2) is 12.3. The summed E-state index contributed by atoms with van der Waals surface area (Å²) >= 11 is 11.5. The van der Waals surface area contributed by atoms with Gasteiger partial charge in [0.25, 0.3) is 0 Å². The molecule has 2 aromatic rings. The van der Waals surface area contributed by atoms with E-state index in [4.69, 9.17) is 39.6 Å². The molecule has 1 saturated carbocycles. The van der Waals surface area contributed by atoms with E-state index in [-0.39, 0.29) is 45.3 Å². The van der Waals surface area contributed by atoms with E-state index in [0.29, 0.717) is 43.5 Å². The van der Waals surface area contributed by atoms with Crippen LogP contribution in [0, 0.1) is 23.1 Å². The average molecular weight is 547 g/mol. The van der Waals surface area contributed by atoms with Crippen molar-refractivity contribution < 1.29 is 13.9 Å². The van der Waals surface area contributed by atoms with Crippen LogP contribution in [0.15, 0.2) is 18.3 Å². The first-order valence-electron chi connectivity index (χ1n) is 12.1. The van der Waals surface area contributed by atoms with Crippen LogP contribution in [0.5, 0.6) is 0 Å². The summed E-state index contributed by atoms with van der Waals surface area (Å²) in [5.41, 5.74) is 6.01. The number of hydrogen-bond acceptors (Lipinski definition) is 8. The summed E-state index contributed by atoms with van der Waals surface area (Å²) < 4.78 is 19.9. The number of nitrogens with zero attached hydrogens (tertiary/aromatic N) is 3. The van der Waals surface area contributed by atoms with Crippen molar-refractivity contribution in [3.63, 3.8) is 0 Å². The predicted molar refractivity (Wildman–Crippen MR) is 144 cm³/mol. The molecule has 6 N–H and O–H groups in total. The first kappa shape index (κ1) is 26.8. The topological polar surface area (TPSA) is 150 Å². The zero-order chi connectivity index (χ0) is 26.4. The molecular formula is C24H28ClFN8O2S. The van der Waals surface area contributed by atoms with Crippen LogP contribution in [0.2, 0.25) is 5.02 Å². The van der Waals surface area contributed by atoms with Gasteiger partial charge in [0.15, 0.2) is 10.9 Å². The van der Waals surface area contributed by atoms with Crippen LogP contribution in [-0.4, -0.2) is 46.3 Å². The van der Waals surface area contributed by atoms with Crippen molar-refractivity contribution in [1.82, 2.24) is 9.97 Å². The van der Waals surface area contributed by atoms with Crippen LogP contribution in [0.1, 0.15) is 44.1 Å². The van der Waals surface area contributed by atoms with Crippen molar-refractivity contribution in [2.75, 3.05) is 34.5 Å². The monoisotopic (exact) mass is 546 g/mol. The van der Waals surface area contributed by atoms with Gasteiger partial charge in [0.2, 0.25) is 11.9 Å². The van der Waals surface area contributed by atoms with Gasteiger partial charge in [-0.3, -0.25) is 4.79 Å². The SMILES string of the molecule is N#Cc1cc(F)c(NC(=S)Nc2cnc(NC3CCOCC3)nc2N[C@H]2CC[C@@H](C(N)=O)CC2)c(Cl)c1. The lowest BCUT2D eigenvalue weighted by Crippen LogP contribution is -2.33. The smallest absolute Gasteiger partial charge is 0.224 e. The molecule has 0 atom stereocenters. The van der Waals surface area contributed by atoms with Gasteiger partial charge in [0, 0.05) is 31.2 Å². The van der Waals surface area contributed by atoms with Crippen LogP contribution in [0.25, 0.3) is 0 Å². The van der Waals surface area contributed by atoms with E-state index >= 15 is 0 Å². The third kappa shape index (κ3) is 7.15. The highest BCUT2D eigenvalue weighted by atomic mass is 35.5. The standard InChI is InChI=1S/C24H28ClFN8O2S/c25-17-9-13(11-27)10-18(26)20(17)33-24(37)32-19-12-29-23(31-16-5-7-36-8-6-16)34-22(19)30-15-3-1-14(2-4-15)21(28)35/h9-10,12,14-16H,1-8H2,(H2,28,35)(H2,32,33,37)(H2,29,30,31,34)/t14-,15+. The quantitative estimate of drug-likeness (QED) is 0.322. The summed E-state index contributed by atoms with van der Waals surface area (Å²) in [6.07, 6.45) is 6.22. The van der Waals surface area contributed by atoms with Crippen LogP contribution in [-0.2, 0) is 9.53 Å². The molecule has 0 bridgehead atoms. The molecule has 196 valence electrons. The van der Waals surface area contributed by atoms with Gasteiger partial charge in [0.05, 0.1) is 28.5 Å². The molecule has 13 heteroatoms. The second-order valence-corrected chi connectivity index (χ2v) is 9.90. The maximum Gasteiger partial charge on any atom is 0.224 e. The van der Waals surface area contributed by atoms with Gasteiger partial charge in [-0.25, -0.2) is 9.37 Å². The molecule has 37 heavy (non-hydrogen) atoms. The highest BCUT2D eigenvalue weighted by molar-refractivity contribution is 7.80. The minimum Gasteiger partial charge on any atom is -0.381 e. The number of hydrogen-bond donors (Lipinski definition) is 5. The third-order valence-electron chi connectivity index (χ3n) is 6.47. The lowest BCUT2D eigenvalue weighted by Gasteiger charge is -2.29. The number of rotatable bonds is 7. The summed E-state index contributed by atoms with van der Waals surface area (Å²) in [7, 11) is 0. The normalized spacial score (nSPS) is 19.9. The number of nitrogens with one attached hydrogen (secondary N) is 4. The number of ether oxygens (including phenoxy) is 1. The van der Waals surface area contributed by atoms with Crippen molar-refractivity contribution in [1.29, 1.82) is 5.26 Å². The molecule has 2 fully saturated rings. The summed E-state index contributed by atoms with van der Waals surface area (Å²) in [5, 5.41) is 21.6. The molecule has 0 radical (unpaired) electrons. The van der Waals surface area contributed by atoms with Gasteiger partial charge in [-0.2, -0.15) is 10.2 Å². The number of amides is 1. The van der Waals surface area contributed by atoms with Crippen LogP contribution < -0.4 is 27.0 Å². The Kier molecular flexibility index (Phi) is 8.91. The number of aromatic nitrogens is 2. The van der Waals surface area contributed by atoms with E-state index in [1.54, 1.807) is 6.20 Å². The number of carbonyl (C=O) groups is 1. The molecular weight excluding hydrogens is 519 g/mol. The highest BCUT2D eigenvalue weighted by Gasteiger charge is 2.26. The van der Waals surface area contributed by atoms with E-state index < -0.39 is 5.82 Å².